The molecule has 2 aliphatic rings. The van der Waals surface area contributed by atoms with E-state index in [9.17, 15) is 0 Å². The first kappa shape index (κ1) is 20.2. The summed E-state index contributed by atoms with van der Waals surface area (Å²) in [4.78, 5) is 16.5. The van der Waals surface area contributed by atoms with Gasteiger partial charge in [0.1, 0.15) is 5.82 Å². The Morgan fingerprint density at radius 3 is 2.37 bits per heavy atom. The van der Waals surface area contributed by atoms with E-state index in [4.69, 9.17) is 25.2 Å². The summed E-state index contributed by atoms with van der Waals surface area (Å²) in [5, 5.41) is 3.32. The highest BCUT2D eigenvalue weighted by Crippen LogP contribution is 2.32. The molecular weight excluding hydrogens is 344 g/mol. The van der Waals surface area contributed by atoms with Crippen molar-refractivity contribution in [3.63, 3.8) is 0 Å². The number of nitrogens with two attached hydrogens (primary N) is 1. The van der Waals surface area contributed by atoms with E-state index in [1.807, 2.05) is 0 Å². The highest BCUT2D eigenvalue weighted by Gasteiger charge is 2.23. The summed E-state index contributed by atoms with van der Waals surface area (Å²) in [6.45, 7) is 5.62. The molecule has 0 spiro atoms. The lowest BCUT2D eigenvalue weighted by Gasteiger charge is -2.23. The molecule has 0 bridgehead atoms. The number of ether oxygens (including phenoxy) is 2. The quantitative estimate of drug-likeness (QED) is 0.564. The third kappa shape index (κ3) is 6.55. The molecular formula is C19H34N6O2. The van der Waals surface area contributed by atoms with Gasteiger partial charge in [0.05, 0.1) is 26.4 Å². The molecule has 0 unspecified atom stereocenters. The van der Waals surface area contributed by atoms with Crippen LogP contribution >= 0.6 is 0 Å². The van der Waals surface area contributed by atoms with Gasteiger partial charge >= 0.3 is 0 Å². The maximum atomic E-state index is 5.57. The maximum Gasteiger partial charge on any atom is 0.230 e. The lowest BCUT2D eigenvalue weighted by Crippen LogP contribution is -2.24. The molecule has 3 N–H and O–H groups in total. The SMILES string of the molecule is NCCOCCOCCNc1nc(C2CCCCC2)nc(N2CCCC2)n1. The van der Waals surface area contributed by atoms with Crippen molar-refractivity contribution in [1.82, 2.24) is 15.0 Å². The molecule has 1 saturated carbocycles. The van der Waals surface area contributed by atoms with Gasteiger partial charge in [-0.2, -0.15) is 15.0 Å². The summed E-state index contributed by atoms with van der Waals surface area (Å²) in [7, 11) is 0. The Labute approximate surface area is 162 Å². The van der Waals surface area contributed by atoms with Gasteiger partial charge in [-0.1, -0.05) is 19.3 Å². The van der Waals surface area contributed by atoms with E-state index < -0.39 is 0 Å². The Kier molecular flexibility index (Phi) is 8.51. The van der Waals surface area contributed by atoms with Crippen molar-refractivity contribution in [2.24, 2.45) is 5.73 Å². The Bertz CT molecular complexity index is 547. The van der Waals surface area contributed by atoms with Crippen LogP contribution in [-0.4, -0.2) is 67.6 Å². The molecule has 2 heterocycles. The number of anilines is 2. The molecule has 0 amide bonds. The second-order valence-corrected chi connectivity index (χ2v) is 7.29. The fourth-order valence-corrected chi connectivity index (χ4v) is 3.70. The van der Waals surface area contributed by atoms with Gasteiger partial charge in [0.25, 0.3) is 0 Å². The first-order valence-electron chi connectivity index (χ1n) is 10.5. The lowest BCUT2D eigenvalue weighted by molar-refractivity contribution is 0.0547. The normalized spacial score (nSPS) is 18.2. The molecule has 1 aromatic rings. The minimum Gasteiger partial charge on any atom is -0.378 e. The van der Waals surface area contributed by atoms with Crippen molar-refractivity contribution in [1.29, 1.82) is 0 Å². The average molecular weight is 379 g/mol. The van der Waals surface area contributed by atoms with Gasteiger partial charge in [0.15, 0.2) is 0 Å². The summed E-state index contributed by atoms with van der Waals surface area (Å²) < 4.78 is 10.9. The van der Waals surface area contributed by atoms with E-state index in [0.717, 1.165) is 24.9 Å². The van der Waals surface area contributed by atoms with Crippen molar-refractivity contribution >= 4 is 11.9 Å². The third-order valence-electron chi connectivity index (χ3n) is 5.16. The average Bonchev–Trinajstić information content (AvgIpc) is 3.25. The minimum atomic E-state index is 0.472. The van der Waals surface area contributed by atoms with E-state index >= 15 is 0 Å². The standard InChI is InChI=1S/C19H34N6O2/c20-8-12-26-14-15-27-13-9-21-18-22-17(16-6-2-1-3-7-16)23-19(24-18)25-10-4-5-11-25/h16H,1-15,20H2,(H,21,22,23,24). The Morgan fingerprint density at radius 2 is 1.63 bits per heavy atom. The first-order chi connectivity index (χ1) is 13.4. The van der Waals surface area contributed by atoms with Gasteiger partial charge in [0, 0.05) is 32.1 Å². The Hall–Kier alpha value is -1.51. The molecule has 3 rings (SSSR count). The predicted molar refractivity (Wildman–Crippen MR) is 106 cm³/mol. The zero-order valence-electron chi connectivity index (χ0n) is 16.4. The zero-order chi connectivity index (χ0) is 18.7. The van der Waals surface area contributed by atoms with Crippen molar-refractivity contribution in [3.05, 3.63) is 5.82 Å². The van der Waals surface area contributed by atoms with Gasteiger partial charge in [0.2, 0.25) is 11.9 Å². The number of hydrogen-bond acceptors (Lipinski definition) is 8. The van der Waals surface area contributed by atoms with E-state index in [2.05, 4.69) is 15.2 Å². The monoisotopic (exact) mass is 378 g/mol. The van der Waals surface area contributed by atoms with Crippen LogP contribution in [0, 0.1) is 0 Å². The number of aromatic nitrogens is 3. The van der Waals surface area contributed by atoms with Crippen LogP contribution in [0.4, 0.5) is 11.9 Å². The van der Waals surface area contributed by atoms with Crippen LogP contribution in [0.5, 0.6) is 0 Å². The van der Waals surface area contributed by atoms with Gasteiger partial charge < -0.3 is 25.4 Å². The maximum absolute atomic E-state index is 5.57. The summed E-state index contributed by atoms with van der Waals surface area (Å²) in [5.41, 5.74) is 5.38. The number of nitrogens with one attached hydrogen (secondary N) is 1. The van der Waals surface area contributed by atoms with Crippen molar-refractivity contribution in [2.45, 2.75) is 50.9 Å². The molecule has 1 aliphatic carbocycles. The second kappa shape index (κ2) is 11.4. The van der Waals surface area contributed by atoms with Crippen LogP contribution in [-0.2, 0) is 9.47 Å². The van der Waals surface area contributed by atoms with Gasteiger partial charge in [-0.25, -0.2) is 0 Å². The number of nitrogens with zero attached hydrogens (tertiary/aromatic N) is 4. The fourth-order valence-electron chi connectivity index (χ4n) is 3.70. The Morgan fingerprint density at radius 1 is 0.889 bits per heavy atom. The van der Waals surface area contributed by atoms with E-state index in [1.54, 1.807) is 0 Å². The molecule has 27 heavy (non-hydrogen) atoms. The third-order valence-corrected chi connectivity index (χ3v) is 5.16. The number of rotatable bonds is 11. The summed E-state index contributed by atoms with van der Waals surface area (Å²) >= 11 is 0. The van der Waals surface area contributed by atoms with E-state index in [1.165, 1.54) is 44.9 Å². The molecule has 1 aliphatic heterocycles. The molecule has 2 fully saturated rings. The van der Waals surface area contributed by atoms with Crippen LogP contribution in [0.2, 0.25) is 0 Å². The van der Waals surface area contributed by atoms with E-state index in [-0.39, 0.29) is 0 Å². The molecule has 1 aromatic heterocycles. The van der Waals surface area contributed by atoms with E-state index in [0.29, 0.717) is 51.4 Å². The van der Waals surface area contributed by atoms with Crippen molar-refractivity contribution in [3.8, 4) is 0 Å². The largest absolute Gasteiger partial charge is 0.378 e. The molecule has 0 radical (unpaired) electrons. The molecule has 8 heteroatoms. The van der Waals surface area contributed by atoms with Crippen molar-refractivity contribution in [2.75, 3.05) is 62.8 Å². The predicted octanol–water partition coefficient (Wildman–Crippen LogP) is 1.92. The zero-order valence-corrected chi connectivity index (χ0v) is 16.4. The second-order valence-electron chi connectivity index (χ2n) is 7.29. The minimum absolute atomic E-state index is 0.472. The van der Waals surface area contributed by atoms with Gasteiger partial charge in [-0.05, 0) is 25.7 Å². The van der Waals surface area contributed by atoms with Crippen molar-refractivity contribution < 1.29 is 9.47 Å². The first-order valence-corrected chi connectivity index (χ1v) is 10.5. The molecule has 0 atom stereocenters. The number of hydrogen-bond donors (Lipinski definition) is 2. The summed E-state index contributed by atoms with van der Waals surface area (Å²) in [5.74, 6) is 2.95. The van der Waals surface area contributed by atoms with Crippen LogP contribution in [0.15, 0.2) is 0 Å². The smallest absolute Gasteiger partial charge is 0.230 e. The van der Waals surface area contributed by atoms with Crippen LogP contribution in [0.3, 0.4) is 0 Å². The summed E-state index contributed by atoms with van der Waals surface area (Å²) in [6.07, 6.45) is 8.69. The summed E-state index contributed by atoms with van der Waals surface area (Å²) in [6, 6.07) is 0. The Balaban J connectivity index is 1.53. The van der Waals surface area contributed by atoms with Gasteiger partial charge in [-0.3, -0.25) is 0 Å². The van der Waals surface area contributed by atoms with Crippen LogP contribution in [0.25, 0.3) is 0 Å². The lowest BCUT2D eigenvalue weighted by atomic mass is 9.89. The molecule has 8 nitrogen and oxygen atoms in total. The highest BCUT2D eigenvalue weighted by molar-refractivity contribution is 5.38. The molecule has 1 saturated heterocycles. The van der Waals surface area contributed by atoms with Crippen LogP contribution in [0.1, 0.15) is 56.7 Å². The van der Waals surface area contributed by atoms with Gasteiger partial charge in [-0.15, -0.1) is 0 Å². The molecule has 0 aromatic carbocycles. The van der Waals surface area contributed by atoms with Crippen LogP contribution < -0.4 is 16.0 Å². The fraction of sp³-hybridized carbons (Fsp3) is 0.842. The molecule has 152 valence electrons. The topological polar surface area (TPSA) is 98.4 Å². The highest BCUT2D eigenvalue weighted by atomic mass is 16.5.